The van der Waals surface area contributed by atoms with Crippen LogP contribution < -0.4 is 0 Å². The summed E-state index contributed by atoms with van der Waals surface area (Å²) in [6.07, 6.45) is 3.44. The van der Waals surface area contributed by atoms with Crippen LogP contribution in [0.4, 0.5) is 0 Å². The molecule has 1 heterocycles. The van der Waals surface area contributed by atoms with E-state index in [1.807, 2.05) is 30.1 Å². The Kier molecular flexibility index (Phi) is 3.85. The van der Waals surface area contributed by atoms with Gasteiger partial charge in [-0.1, -0.05) is 20.8 Å². The van der Waals surface area contributed by atoms with E-state index in [9.17, 15) is 5.26 Å². The van der Waals surface area contributed by atoms with Crippen LogP contribution in [0.15, 0.2) is 18.5 Å². The second-order valence-corrected chi connectivity index (χ2v) is 10.8. The molecule has 17 heavy (non-hydrogen) atoms. The second kappa shape index (κ2) is 4.67. The average Bonchev–Trinajstić information content (AvgIpc) is 2.59. The number of aromatic nitrogens is 1. The number of nitriles is 1. The number of hydrogen-bond acceptors (Lipinski definition) is 2. The molecule has 0 spiro atoms. The van der Waals surface area contributed by atoms with Gasteiger partial charge in [0.25, 0.3) is 0 Å². The maximum Gasteiger partial charge on any atom is 0.194 e. The highest BCUT2D eigenvalue weighted by Crippen LogP contribution is 2.39. The van der Waals surface area contributed by atoms with Crippen molar-refractivity contribution < 1.29 is 4.43 Å². The molecule has 4 heteroatoms. The summed E-state index contributed by atoms with van der Waals surface area (Å²) in [4.78, 5) is 0. The molecule has 0 aromatic carbocycles. The zero-order chi connectivity index (χ0) is 13.3. The Balaban J connectivity index is 2.89. The Hall–Kier alpha value is -1.05. The average molecular weight is 250 g/mol. The molecule has 1 aromatic heterocycles. The standard InChI is InChI=1S/C13H22N2OSi/c1-13(2,3)17(5,6)16-12(9-14)11-7-8-15(4)10-11/h7-8,10,12H,1-6H3. The molecule has 0 N–H and O–H groups in total. The van der Waals surface area contributed by atoms with Crippen LogP contribution >= 0.6 is 0 Å². The maximum absolute atomic E-state index is 9.26. The van der Waals surface area contributed by atoms with Crippen LogP contribution in [0.5, 0.6) is 0 Å². The first kappa shape index (κ1) is 14.0. The van der Waals surface area contributed by atoms with Crippen LogP contribution in [0.3, 0.4) is 0 Å². The maximum atomic E-state index is 9.26. The molecule has 3 nitrogen and oxygen atoms in total. The van der Waals surface area contributed by atoms with Crippen LogP contribution in [0.1, 0.15) is 32.4 Å². The Labute approximate surface area is 105 Å². The SMILES string of the molecule is Cn1ccc(C(C#N)O[Si](C)(C)C(C)(C)C)c1. The van der Waals surface area contributed by atoms with Gasteiger partial charge in [-0.15, -0.1) is 0 Å². The van der Waals surface area contributed by atoms with E-state index in [2.05, 4.69) is 39.9 Å². The Morgan fingerprint density at radius 3 is 2.35 bits per heavy atom. The molecule has 0 aliphatic rings. The van der Waals surface area contributed by atoms with Crippen LogP contribution in [0.25, 0.3) is 0 Å². The van der Waals surface area contributed by atoms with E-state index >= 15 is 0 Å². The molecule has 1 aromatic rings. The van der Waals surface area contributed by atoms with E-state index in [1.165, 1.54) is 0 Å². The minimum absolute atomic E-state index is 0.122. The highest BCUT2D eigenvalue weighted by molar-refractivity contribution is 6.74. The van der Waals surface area contributed by atoms with Gasteiger partial charge in [-0.2, -0.15) is 5.26 Å². The van der Waals surface area contributed by atoms with Crippen LogP contribution in [-0.4, -0.2) is 12.9 Å². The topological polar surface area (TPSA) is 38.0 Å². The summed E-state index contributed by atoms with van der Waals surface area (Å²) in [5.74, 6) is 0. The molecule has 0 saturated heterocycles. The van der Waals surface area contributed by atoms with Gasteiger partial charge in [0, 0.05) is 25.0 Å². The number of aryl methyl sites for hydroxylation is 1. The molecule has 1 unspecified atom stereocenters. The zero-order valence-electron chi connectivity index (χ0n) is 11.6. The third-order valence-electron chi connectivity index (χ3n) is 3.49. The van der Waals surface area contributed by atoms with Crippen molar-refractivity contribution in [1.82, 2.24) is 4.57 Å². The summed E-state index contributed by atoms with van der Waals surface area (Å²) < 4.78 is 8.05. The van der Waals surface area contributed by atoms with E-state index < -0.39 is 14.4 Å². The van der Waals surface area contributed by atoms with Gasteiger partial charge in [0.1, 0.15) is 0 Å². The van der Waals surface area contributed by atoms with Crippen molar-refractivity contribution in [2.75, 3.05) is 0 Å². The highest BCUT2D eigenvalue weighted by Gasteiger charge is 2.39. The monoisotopic (exact) mass is 250 g/mol. The lowest BCUT2D eigenvalue weighted by Crippen LogP contribution is -2.41. The Bertz CT molecular complexity index is 423. The zero-order valence-corrected chi connectivity index (χ0v) is 12.6. The number of hydrogen-bond donors (Lipinski definition) is 0. The molecule has 0 saturated carbocycles. The van der Waals surface area contributed by atoms with Crippen molar-refractivity contribution in [2.45, 2.75) is 45.0 Å². The predicted molar refractivity (Wildman–Crippen MR) is 72.0 cm³/mol. The molecule has 0 amide bonds. The van der Waals surface area contributed by atoms with Crippen LogP contribution in [-0.2, 0) is 11.5 Å². The van der Waals surface area contributed by atoms with Gasteiger partial charge in [-0.25, -0.2) is 0 Å². The second-order valence-electron chi connectivity index (χ2n) is 6.00. The van der Waals surface area contributed by atoms with Crippen molar-refractivity contribution in [2.24, 2.45) is 7.05 Å². The Morgan fingerprint density at radius 2 is 2.00 bits per heavy atom. The fourth-order valence-corrected chi connectivity index (χ4v) is 2.45. The number of nitrogens with zero attached hydrogens (tertiary/aromatic N) is 2. The summed E-state index contributed by atoms with van der Waals surface area (Å²) in [7, 11) is 0.0544. The molecular weight excluding hydrogens is 228 g/mol. The molecule has 0 bridgehead atoms. The van der Waals surface area contributed by atoms with Crippen LogP contribution in [0, 0.1) is 11.3 Å². The lowest BCUT2D eigenvalue weighted by molar-refractivity contribution is 0.236. The van der Waals surface area contributed by atoms with Crippen molar-refractivity contribution in [3.63, 3.8) is 0 Å². The summed E-state index contributed by atoms with van der Waals surface area (Å²) in [6, 6.07) is 4.20. The smallest absolute Gasteiger partial charge is 0.194 e. The molecule has 0 fully saturated rings. The minimum atomic E-state index is -1.89. The van der Waals surface area contributed by atoms with Crippen molar-refractivity contribution in [1.29, 1.82) is 5.26 Å². The summed E-state index contributed by atoms with van der Waals surface area (Å²) >= 11 is 0. The molecule has 94 valence electrons. The normalized spacial score (nSPS) is 14.4. The molecule has 0 aliphatic carbocycles. The van der Waals surface area contributed by atoms with Crippen LogP contribution in [0.2, 0.25) is 18.1 Å². The molecule has 0 radical (unpaired) electrons. The first-order valence-electron chi connectivity index (χ1n) is 5.87. The van der Waals surface area contributed by atoms with Crippen molar-refractivity contribution in [3.8, 4) is 6.07 Å². The lowest BCUT2D eigenvalue weighted by atomic mass is 10.2. The molecular formula is C13H22N2OSi. The number of rotatable bonds is 3. The lowest BCUT2D eigenvalue weighted by Gasteiger charge is -2.37. The first-order chi connectivity index (χ1) is 7.67. The molecule has 1 atom stereocenters. The third kappa shape index (κ3) is 3.21. The van der Waals surface area contributed by atoms with E-state index in [0.29, 0.717) is 0 Å². The largest absolute Gasteiger partial charge is 0.398 e. The van der Waals surface area contributed by atoms with Gasteiger partial charge in [0.15, 0.2) is 14.4 Å². The van der Waals surface area contributed by atoms with E-state index in [-0.39, 0.29) is 5.04 Å². The first-order valence-corrected chi connectivity index (χ1v) is 8.77. The van der Waals surface area contributed by atoms with Gasteiger partial charge >= 0.3 is 0 Å². The summed E-state index contributed by atoms with van der Waals surface area (Å²) in [5, 5.41) is 9.38. The quantitative estimate of drug-likeness (QED) is 0.769. The van der Waals surface area contributed by atoms with Gasteiger partial charge < -0.3 is 8.99 Å². The Morgan fingerprint density at radius 1 is 1.41 bits per heavy atom. The van der Waals surface area contributed by atoms with Crippen molar-refractivity contribution in [3.05, 3.63) is 24.0 Å². The fourth-order valence-electron chi connectivity index (χ4n) is 1.32. The van der Waals surface area contributed by atoms with Gasteiger partial charge in [0.05, 0.1) is 6.07 Å². The van der Waals surface area contributed by atoms with E-state index in [4.69, 9.17) is 4.43 Å². The van der Waals surface area contributed by atoms with E-state index in [0.717, 1.165) is 5.56 Å². The molecule has 1 rings (SSSR count). The fraction of sp³-hybridized carbons (Fsp3) is 0.615. The third-order valence-corrected chi connectivity index (χ3v) is 7.93. The summed E-state index contributed by atoms with van der Waals surface area (Å²) in [6.45, 7) is 10.9. The minimum Gasteiger partial charge on any atom is -0.398 e. The van der Waals surface area contributed by atoms with Gasteiger partial charge in [-0.05, 0) is 24.2 Å². The van der Waals surface area contributed by atoms with Gasteiger partial charge in [0.2, 0.25) is 0 Å². The predicted octanol–water partition coefficient (Wildman–Crippen LogP) is 3.61. The van der Waals surface area contributed by atoms with E-state index in [1.54, 1.807) is 0 Å². The van der Waals surface area contributed by atoms with Gasteiger partial charge in [-0.3, -0.25) is 0 Å². The molecule has 0 aliphatic heterocycles. The van der Waals surface area contributed by atoms with Crippen molar-refractivity contribution >= 4 is 8.32 Å². The summed E-state index contributed by atoms with van der Waals surface area (Å²) in [5.41, 5.74) is 0.944. The highest BCUT2D eigenvalue weighted by atomic mass is 28.4.